The summed E-state index contributed by atoms with van der Waals surface area (Å²) < 4.78 is 1.18. The number of pyridine rings is 1. The largest absolute Gasteiger partial charge is 0.364 e. The number of halogens is 2. The van der Waals surface area contributed by atoms with Gasteiger partial charge in [-0.05, 0) is 35.9 Å². The Hall–Kier alpha value is -2.57. The number of nitrogens with zero attached hydrogens (tertiary/aromatic N) is 2. The van der Waals surface area contributed by atoms with Gasteiger partial charge in [0.1, 0.15) is 5.69 Å². The van der Waals surface area contributed by atoms with E-state index in [1.165, 1.54) is 4.68 Å². The molecule has 1 amide bonds. The lowest BCUT2D eigenvalue weighted by atomic mass is 10.1. The number of primary amides is 1. The summed E-state index contributed by atoms with van der Waals surface area (Å²) in [5.74, 6) is -0.370. The molecular formula is C16H12Cl2N4O2. The minimum Gasteiger partial charge on any atom is -0.364 e. The van der Waals surface area contributed by atoms with E-state index in [4.69, 9.17) is 28.9 Å². The van der Waals surface area contributed by atoms with Gasteiger partial charge in [0.15, 0.2) is 5.82 Å². The maximum absolute atomic E-state index is 12.7. The smallest absolute Gasteiger partial charge is 0.276 e. The van der Waals surface area contributed by atoms with Crippen LogP contribution in [0, 0.1) is 0 Å². The van der Waals surface area contributed by atoms with Crippen LogP contribution in [0.4, 0.5) is 0 Å². The Labute approximate surface area is 146 Å². The molecule has 2 heterocycles. The minimum atomic E-state index is -0.732. The first-order valence-electron chi connectivity index (χ1n) is 6.96. The summed E-state index contributed by atoms with van der Waals surface area (Å²) in [6.07, 6.45) is 1.71. The van der Waals surface area contributed by atoms with Crippen LogP contribution in [0.15, 0.2) is 47.4 Å². The number of nitrogens with two attached hydrogens (primary N) is 1. The molecule has 0 atom stereocenters. The van der Waals surface area contributed by atoms with E-state index in [9.17, 15) is 9.59 Å². The number of hydrogen-bond acceptors (Lipinski definition) is 3. The number of H-pyrrole nitrogens is 1. The van der Waals surface area contributed by atoms with Crippen LogP contribution in [0.2, 0.25) is 10.0 Å². The van der Waals surface area contributed by atoms with E-state index in [1.54, 1.807) is 42.6 Å². The maximum Gasteiger partial charge on any atom is 0.276 e. The van der Waals surface area contributed by atoms with E-state index in [2.05, 4.69) is 10.1 Å². The Bertz CT molecular complexity index is 944. The molecule has 0 bridgehead atoms. The van der Waals surface area contributed by atoms with Gasteiger partial charge in [-0.3, -0.25) is 14.7 Å². The number of aromatic nitrogens is 3. The third kappa shape index (κ3) is 3.20. The number of hydrogen-bond donors (Lipinski definition) is 2. The van der Waals surface area contributed by atoms with Crippen molar-refractivity contribution in [3.8, 4) is 5.82 Å². The van der Waals surface area contributed by atoms with E-state index in [1.807, 2.05) is 0 Å². The van der Waals surface area contributed by atoms with Gasteiger partial charge in [0, 0.05) is 22.7 Å². The van der Waals surface area contributed by atoms with E-state index >= 15 is 0 Å². The van der Waals surface area contributed by atoms with Gasteiger partial charge in [-0.15, -0.1) is 0 Å². The van der Waals surface area contributed by atoms with Crippen molar-refractivity contribution in [3.63, 3.8) is 0 Å². The van der Waals surface area contributed by atoms with Crippen LogP contribution in [-0.4, -0.2) is 20.7 Å². The lowest BCUT2D eigenvalue weighted by molar-refractivity contribution is 0.0994. The van der Waals surface area contributed by atoms with Crippen LogP contribution < -0.4 is 11.3 Å². The first-order chi connectivity index (χ1) is 11.5. The fraction of sp³-hybridized carbons (Fsp3) is 0.0625. The van der Waals surface area contributed by atoms with Crippen molar-refractivity contribution in [2.45, 2.75) is 6.42 Å². The number of amides is 1. The van der Waals surface area contributed by atoms with Crippen LogP contribution in [0.1, 0.15) is 21.6 Å². The van der Waals surface area contributed by atoms with E-state index in [0.717, 1.165) is 0 Å². The van der Waals surface area contributed by atoms with Gasteiger partial charge in [-0.25, -0.2) is 9.67 Å². The van der Waals surface area contributed by atoms with Crippen molar-refractivity contribution < 1.29 is 4.79 Å². The second-order valence-corrected chi connectivity index (χ2v) is 5.99. The fourth-order valence-electron chi connectivity index (χ4n) is 2.40. The molecule has 0 aliphatic carbocycles. The van der Waals surface area contributed by atoms with Crippen molar-refractivity contribution in [3.05, 3.63) is 79.8 Å². The molecule has 0 unspecified atom stereocenters. The molecular weight excluding hydrogens is 351 g/mol. The molecule has 122 valence electrons. The summed E-state index contributed by atoms with van der Waals surface area (Å²) in [5.41, 5.74) is 5.94. The lowest BCUT2D eigenvalue weighted by Gasteiger charge is -2.02. The second kappa shape index (κ2) is 6.51. The topological polar surface area (TPSA) is 93.8 Å². The summed E-state index contributed by atoms with van der Waals surface area (Å²) in [4.78, 5) is 28.5. The number of rotatable bonds is 4. The average molecular weight is 363 g/mol. The summed E-state index contributed by atoms with van der Waals surface area (Å²) >= 11 is 12.0. The molecule has 0 fully saturated rings. The van der Waals surface area contributed by atoms with Crippen LogP contribution in [-0.2, 0) is 6.42 Å². The third-order valence-electron chi connectivity index (χ3n) is 3.41. The first-order valence-corrected chi connectivity index (χ1v) is 7.71. The van der Waals surface area contributed by atoms with Gasteiger partial charge in [0.25, 0.3) is 11.5 Å². The highest BCUT2D eigenvalue weighted by molar-refractivity contribution is 6.34. The van der Waals surface area contributed by atoms with Crippen molar-refractivity contribution in [1.82, 2.24) is 14.8 Å². The monoisotopic (exact) mass is 362 g/mol. The molecule has 2 aromatic heterocycles. The van der Waals surface area contributed by atoms with Gasteiger partial charge in [0.05, 0.1) is 5.56 Å². The zero-order chi connectivity index (χ0) is 17.3. The van der Waals surface area contributed by atoms with Gasteiger partial charge >= 0.3 is 0 Å². The molecule has 0 spiro atoms. The van der Waals surface area contributed by atoms with Crippen molar-refractivity contribution in [1.29, 1.82) is 0 Å². The van der Waals surface area contributed by atoms with Gasteiger partial charge in [0.2, 0.25) is 0 Å². The molecule has 8 heteroatoms. The highest BCUT2D eigenvalue weighted by atomic mass is 35.5. The molecule has 24 heavy (non-hydrogen) atoms. The average Bonchev–Trinajstić information content (AvgIpc) is 2.84. The van der Waals surface area contributed by atoms with Gasteiger partial charge < -0.3 is 5.73 Å². The zero-order valence-electron chi connectivity index (χ0n) is 12.3. The number of aromatic amines is 1. The Morgan fingerprint density at radius 2 is 1.92 bits per heavy atom. The third-order valence-corrected chi connectivity index (χ3v) is 3.85. The quantitative estimate of drug-likeness (QED) is 0.746. The predicted molar refractivity (Wildman–Crippen MR) is 92.0 cm³/mol. The fourth-order valence-corrected chi connectivity index (χ4v) is 2.98. The molecule has 0 radical (unpaired) electrons. The highest BCUT2D eigenvalue weighted by Crippen LogP contribution is 2.21. The van der Waals surface area contributed by atoms with Crippen molar-refractivity contribution in [2.75, 3.05) is 0 Å². The van der Waals surface area contributed by atoms with Crippen LogP contribution >= 0.6 is 23.2 Å². The number of nitrogens with one attached hydrogen (secondary N) is 1. The molecule has 6 nitrogen and oxygen atoms in total. The van der Waals surface area contributed by atoms with Crippen LogP contribution in [0.25, 0.3) is 5.82 Å². The SMILES string of the molecule is NC(=O)c1[nH]n(-c2ccccn2)c(=O)c1Cc1cc(Cl)cc(Cl)c1. The van der Waals surface area contributed by atoms with E-state index in [-0.39, 0.29) is 17.7 Å². The maximum atomic E-state index is 12.7. The summed E-state index contributed by atoms with van der Waals surface area (Å²) in [6.45, 7) is 0. The minimum absolute atomic E-state index is 0.0294. The molecule has 1 aromatic carbocycles. The van der Waals surface area contributed by atoms with Gasteiger partial charge in [-0.2, -0.15) is 0 Å². The Morgan fingerprint density at radius 3 is 2.50 bits per heavy atom. The number of carbonyl (C=O) groups excluding carboxylic acids is 1. The molecule has 3 rings (SSSR count). The first kappa shape index (κ1) is 16.3. The van der Waals surface area contributed by atoms with E-state index < -0.39 is 11.5 Å². The number of benzene rings is 1. The molecule has 0 aliphatic rings. The van der Waals surface area contributed by atoms with E-state index in [0.29, 0.717) is 21.4 Å². The Kier molecular flexibility index (Phi) is 4.42. The molecule has 3 aromatic rings. The Morgan fingerprint density at radius 1 is 1.21 bits per heavy atom. The Balaban J connectivity index is 2.11. The predicted octanol–water partition coefficient (Wildman–Crippen LogP) is 2.56. The number of carbonyl (C=O) groups is 1. The molecule has 0 saturated heterocycles. The second-order valence-electron chi connectivity index (χ2n) is 5.11. The summed E-state index contributed by atoms with van der Waals surface area (Å²) in [5, 5.41) is 3.60. The van der Waals surface area contributed by atoms with Gasteiger partial charge in [-0.1, -0.05) is 29.3 Å². The lowest BCUT2D eigenvalue weighted by Crippen LogP contribution is -2.19. The van der Waals surface area contributed by atoms with Crippen molar-refractivity contribution in [2.24, 2.45) is 5.73 Å². The zero-order valence-corrected chi connectivity index (χ0v) is 13.8. The summed E-state index contributed by atoms with van der Waals surface area (Å²) in [7, 11) is 0. The molecule has 0 saturated carbocycles. The summed E-state index contributed by atoms with van der Waals surface area (Å²) in [6, 6.07) is 10.0. The molecule has 3 N–H and O–H groups in total. The van der Waals surface area contributed by atoms with Crippen molar-refractivity contribution >= 4 is 29.1 Å². The van der Waals surface area contributed by atoms with Crippen LogP contribution in [0.3, 0.4) is 0 Å². The molecule has 0 aliphatic heterocycles. The normalized spacial score (nSPS) is 10.8. The standard InChI is InChI=1S/C16H12Cl2N4O2/c17-10-5-9(6-11(18)8-10)7-12-14(15(19)23)21-22(16(12)24)13-3-1-2-4-20-13/h1-6,8,21H,7H2,(H2,19,23). The highest BCUT2D eigenvalue weighted by Gasteiger charge is 2.20. The van der Waals surface area contributed by atoms with Crippen LogP contribution in [0.5, 0.6) is 0 Å².